The van der Waals surface area contributed by atoms with Crippen LogP contribution >= 0.6 is 0 Å². The van der Waals surface area contributed by atoms with Gasteiger partial charge in [-0.05, 0) is 36.5 Å². The number of carbonyl (C=O) groups excluding carboxylic acids is 2. The Kier molecular flexibility index (Phi) is 4.79. The summed E-state index contributed by atoms with van der Waals surface area (Å²) in [5.74, 6) is -0.620. The number of likely N-dealkylation sites (tertiary alicyclic amines) is 1. The van der Waals surface area contributed by atoms with E-state index in [9.17, 15) is 14.7 Å². The molecule has 0 saturated carbocycles. The van der Waals surface area contributed by atoms with Crippen LogP contribution in [0, 0.1) is 5.92 Å². The van der Waals surface area contributed by atoms with Crippen LogP contribution < -0.4 is 11.1 Å². The molecule has 1 saturated heterocycles. The minimum Gasteiger partial charge on any atom is -0.508 e. The third-order valence-electron chi connectivity index (χ3n) is 5.32. The van der Waals surface area contributed by atoms with Gasteiger partial charge in [-0.3, -0.25) is 14.7 Å². The molecule has 5 N–H and O–H groups in total. The molecular formula is C20H22N6O3. The van der Waals surface area contributed by atoms with E-state index in [1.807, 2.05) is 0 Å². The number of fused-ring (bicyclic) bond motifs is 1. The van der Waals surface area contributed by atoms with Crippen molar-refractivity contribution in [2.45, 2.75) is 25.8 Å². The van der Waals surface area contributed by atoms with Crippen LogP contribution in [0.15, 0.2) is 36.7 Å². The maximum Gasteiger partial charge on any atom is 0.314 e. The van der Waals surface area contributed by atoms with Gasteiger partial charge < -0.3 is 21.1 Å². The second-order valence-corrected chi connectivity index (χ2v) is 7.42. The van der Waals surface area contributed by atoms with Crippen LogP contribution in [0.3, 0.4) is 0 Å². The monoisotopic (exact) mass is 394 g/mol. The molecule has 2 atom stereocenters. The molecule has 1 fully saturated rings. The number of H-pyrrole nitrogens is 1. The summed E-state index contributed by atoms with van der Waals surface area (Å²) < 4.78 is 0. The number of pyridine rings is 1. The fourth-order valence-corrected chi connectivity index (χ4v) is 3.77. The van der Waals surface area contributed by atoms with Crippen molar-refractivity contribution in [3.63, 3.8) is 0 Å². The number of aromatic nitrogens is 3. The number of rotatable bonds is 2. The van der Waals surface area contributed by atoms with Crippen molar-refractivity contribution in [3.05, 3.63) is 42.2 Å². The van der Waals surface area contributed by atoms with Crippen molar-refractivity contribution < 1.29 is 14.7 Å². The van der Waals surface area contributed by atoms with Gasteiger partial charge in [0.25, 0.3) is 0 Å². The molecule has 3 heterocycles. The Morgan fingerprint density at radius 3 is 2.76 bits per heavy atom. The van der Waals surface area contributed by atoms with Gasteiger partial charge in [0.2, 0.25) is 0 Å². The zero-order valence-corrected chi connectivity index (χ0v) is 15.9. The van der Waals surface area contributed by atoms with Gasteiger partial charge in [0.1, 0.15) is 11.6 Å². The number of phenols is 1. The molecule has 1 aromatic carbocycles. The van der Waals surface area contributed by atoms with Crippen LogP contribution in [0.1, 0.15) is 31.4 Å². The van der Waals surface area contributed by atoms with E-state index >= 15 is 0 Å². The van der Waals surface area contributed by atoms with Crippen LogP contribution in [0.5, 0.6) is 5.75 Å². The second kappa shape index (κ2) is 7.42. The van der Waals surface area contributed by atoms with Crippen LogP contribution in [-0.4, -0.2) is 43.5 Å². The highest BCUT2D eigenvalue weighted by atomic mass is 16.3. The van der Waals surface area contributed by atoms with Crippen LogP contribution in [-0.2, 0) is 9.59 Å². The lowest BCUT2D eigenvalue weighted by molar-refractivity contribution is -0.146. The predicted molar refractivity (Wildman–Crippen MR) is 108 cm³/mol. The summed E-state index contributed by atoms with van der Waals surface area (Å²) in [5, 5.41) is 19.4. The first-order chi connectivity index (χ1) is 13.9. The molecule has 150 valence electrons. The van der Waals surface area contributed by atoms with E-state index in [0.29, 0.717) is 23.1 Å². The maximum absolute atomic E-state index is 13.0. The molecule has 1 aliphatic heterocycles. The minimum absolute atomic E-state index is 0.160. The number of hydrogen-bond donors (Lipinski definition) is 4. The van der Waals surface area contributed by atoms with E-state index in [1.54, 1.807) is 29.2 Å². The van der Waals surface area contributed by atoms with E-state index in [-0.39, 0.29) is 23.5 Å². The minimum atomic E-state index is -0.745. The lowest BCUT2D eigenvalue weighted by Gasteiger charge is -2.38. The highest BCUT2D eigenvalue weighted by Gasteiger charge is 2.34. The van der Waals surface area contributed by atoms with Crippen molar-refractivity contribution in [1.82, 2.24) is 20.1 Å². The largest absolute Gasteiger partial charge is 0.508 e. The fourth-order valence-electron chi connectivity index (χ4n) is 3.77. The standard InChI is InChI=1S/C20H22N6O3/c1-11-2-7-16(12-3-5-13(27)6-4-12)26(10-11)20(29)19(28)24-15-9-22-18(21)14-8-23-25-17(14)15/h3-6,8-9,11,16,27H,2,7,10H2,1H3,(H2,21,22)(H,23,25)(H,24,28)/t11-,16+/m0/s1. The molecule has 2 amide bonds. The number of benzene rings is 1. The molecule has 9 nitrogen and oxygen atoms in total. The molecule has 9 heteroatoms. The van der Waals surface area contributed by atoms with Gasteiger partial charge >= 0.3 is 11.8 Å². The summed E-state index contributed by atoms with van der Waals surface area (Å²) in [6, 6.07) is 6.52. The molecule has 2 aromatic heterocycles. The summed E-state index contributed by atoms with van der Waals surface area (Å²) in [6.07, 6.45) is 4.62. The number of phenolic OH excluding ortho intramolecular Hbond substituents is 1. The number of carbonyl (C=O) groups is 2. The number of anilines is 2. The average molecular weight is 394 g/mol. The molecule has 3 aromatic rings. The third-order valence-corrected chi connectivity index (χ3v) is 5.32. The Morgan fingerprint density at radius 1 is 1.24 bits per heavy atom. The van der Waals surface area contributed by atoms with Crippen LogP contribution in [0.2, 0.25) is 0 Å². The number of nitrogens with two attached hydrogens (primary N) is 1. The summed E-state index contributed by atoms with van der Waals surface area (Å²) in [5.41, 5.74) is 7.56. The Balaban J connectivity index is 1.58. The number of aromatic hydroxyl groups is 1. The Bertz CT molecular complexity index is 1060. The second-order valence-electron chi connectivity index (χ2n) is 7.42. The smallest absolute Gasteiger partial charge is 0.314 e. The van der Waals surface area contributed by atoms with Crippen molar-refractivity contribution in [1.29, 1.82) is 0 Å². The number of aromatic amines is 1. The summed E-state index contributed by atoms with van der Waals surface area (Å²) in [4.78, 5) is 31.4. The summed E-state index contributed by atoms with van der Waals surface area (Å²) in [6.45, 7) is 2.54. The Labute approximate surface area is 166 Å². The van der Waals surface area contributed by atoms with E-state index in [4.69, 9.17) is 5.73 Å². The lowest BCUT2D eigenvalue weighted by atomic mass is 9.90. The topological polar surface area (TPSA) is 137 Å². The van der Waals surface area contributed by atoms with Gasteiger partial charge in [0.05, 0.1) is 35.0 Å². The first kappa shape index (κ1) is 18.7. The molecular weight excluding hydrogens is 372 g/mol. The highest BCUT2D eigenvalue weighted by Crippen LogP contribution is 2.34. The van der Waals surface area contributed by atoms with Gasteiger partial charge in [0.15, 0.2) is 0 Å². The van der Waals surface area contributed by atoms with Gasteiger partial charge in [-0.15, -0.1) is 0 Å². The first-order valence-corrected chi connectivity index (χ1v) is 9.42. The number of hydrogen-bond acceptors (Lipinski definition) is 6. The number of nitrogens with one attached hydrogen (secondary N) is 2. The van der Waals surface area contributed by atoms with Gasteiger partial charge in [0, 0.05) is 6.54 Å². The van der Waals surface area contributed by atoms with Crippen LogP contribution in [0.4, 0.5) is 11.5 Å². The maximum atomic E-state index is 13.0. The van der Waals surface area contributed by atoms with E-state index in [1.165, 1.54) is 12.4 Å². The van der Waals surface area contributed by atoms with Crippen molar-refractivity contribution in [3.8, 4) is 5.75 Å². The third kappa shape index (κ3) is 3.58. The molecule has 4 rings (SSSR count). The molecule has 1 aliphatic rings. The number of nitrogen functional groups attached to an aromatic ring is 1. The average Bonchev–Trinajstić information content (AvgIpc) is 3.21. The van der Waals surface area contributed by atoms with Crippen LogP contribution in [0.25, 0.3) is 10.9 Å². The normalized spacial score (nSPS) is 19.3. The van der Waals surface area contributed by atoms with Gasteiger partial charge in [-0.2, -0.15) is 5.10 Å². The molecule has 0 bridgehead atoms. The van der Waals surface area contributed by atoms with Crippen molar-refractivity contribution in [2.24, 2.45) is 5.92 Å². The molecule has 0 aliphatic carbocycles. The van der Waals surface area contributed by atoms with E-state index < -0.39 is 11.8 Å². The highest BCUT2D eigenvalue weighted by molar-refractivity contribution is 6.40. The van der Waals surface area contributed by atoms with E-state index in [2.05, 4.69) is 27.4 Å². The summed E-state index contributed by atoms with van der Waals surface area (Å²) in [7, 11) is 0. The van der Waals surface area contributed by atoms with Gasteiger partial charge in [-0.1, -0.05) is 19.1 Å². The zero-order valence-electron chi connectivity index (χ0n) is 15.9. The fraction of sp³-hybridized carbons (Fsp3) is 0.300. The lowest BCUT2D eigenvalue weighted by Crippen LogP contribution is -2.46. The van der Waals surface area contributed by atoms with Crippen molar-refractivity contribution in [2.75, 3.05) is 17.6 Å². The Morgan fingerprint density at radius 2 is 2.00 bits per heavy atom. The quantitative estimate of drug-likeness (QED) is 0.492. The number of piperidine rings is 1. The number of amides is 2. The summed E-state index contributed by atoms with van der Waals surface area (Å²) >= 11 is 0. The SMILES string of the molecule is C[C@H]1CC[C@H](c2ccc(O)cc2)N(C(=O)C(=O)Nc2cnc(N)c3cn[nH]c23)C1. The van der Waals surface area contributed by atoms with E-state index in [0.717, 1.165) is 18.4 Å². The first-order valence-electron chi connectivity index (χ1n) is 9.42. The molecule has 0 spiro atoms. The zero-order chi connectivity index (χ0) is 20.5. The molecule has 0 unspecified atom stereocenters. The predicted octanol–water partition coefficient (Wildman–Crippen LogP) is 2.18. The molecule has 29 heavy (non-hydrogen) atoms. The molecule has 0 radical (unpaired) electrons. The number of nitrogens with zero attached hydrogens (tertiary/aromatic N) is 3. The van der Waals surface area contributed by atoms with Crippen molar-refractivity contribution >= 4 is 34.2 Å². The van der Waals surface area contributed by atoms with Gasteiger partial charge in [-0.25, -0.2) is 4.98 Å². The Hall–Kier alpha value is -3.62.